The van der Waals surface area contributed by atoms with Crippen LogP contribution >= 0.6 is 15.9 Å². The van der Waals surface area contributed by atoms with E-state index in [1.807, 2.05) is 6.07 Å². The summed E-state index contributed by atoms with van der Waals surface area (Å²) < 4.78 is 0.893. The molecule has 2 N–H and O–H groups in total. The maximum Gasteiger partial charge on any atom is 0.337 e. The number of benzene rings is 1. The third-order valence-electron chi connectivity index (χ3n) is 3.92. The van der Waals surface area contributed by atoms with E-state index in [1.54, 1.807) is 12.1 Å². The normalized spacial score (nSPS) is 17.1. The number of halogens is 1. The van der Waals surface area contributed by atoms with Crippen molar-refractivity contribution < 1.29 is 9.90 Å². The first-order valence-electron chi connectivity index (χ1n) is 7.01. The number of carboxylic acid groups (broad SMARTS) is 1. The topological polar surface area (TPSA) is 52.6 Å². The zero-order valence-corrected chi connectivity index (χ0v) is 13.3. The summed E-state index contributed by atoms with van der Waals surface area (Å²) in [5, 5.41) is 12.4. The van der Waals surface area contributed by atoms with E-state index in [2.05, 4.69) is 33.2 Å². The van der Waals surface area contributed by atoms with Crippen LogP contribution in [0.15, 0.2) is 22.7 Å². The predicted molar refractivity (Wildman–Crippen MR) is 84.4 cm³/mol. The molecule has 4 nitrogen and oxygen atoms in total. The van der Waals surface area contributed by atoms with Gasteiger partial charge in [-0.15, -0.1) is 0 Å². The van der Waals surface area contributed by atoms with Gasteiger partial charge in [0.15, 0.2) is 0 Å². The molecule has 0 atom stereocenters. The SMILES string of the molecule is CN1CCC(CCNc2cc(Br)ccc2C(=O)O)CC1. The summed E-state index contributed by atoms with van der Waals surface area (Å²) >= 11 is 3.38. The lowest BCUT2D eigenvalue weighted by molar-refractivity contribution is 0.0698. The molecular weight excluding hydrogens is 320 g/mol. The van der Waals surface area contributed by atoms with E-state index in [-0.39, 0.29) is 0 Å². The van der Waals surface area contributed by atoms with Gasteiger partial charge in [0.1, 0.15) is 0 Å². The summed E-state index contributed by atoms with van der Waals surface area (Å²) in [5.74, 6) is -0.140. The van der Waals surface area contributed by atoms with Crippen molar-refractivity contribution >= 4 is 27.6 Å². The Morgan fingerprint density at radius 3 is 2.80 bits per heavy atom. The predicted octanol–water partition coefficient (Wildman–Crippen LogP) is 3.29. The Morgan fingerprint density at radius 2 is 2.15 bits per heavy atom. The summed E-state index contributed by atoms with van der Waals surface area (Å²) in [5.41, 5.74) is 1.02. The Balaban J connectivity index is 1.87. The lowest BCUT2D eigenvalue weighted by atomic mass is 9.94. The molecule has 0 bridgehead atoms. The number of anilines is 1. The minimum absolute atomic E-state index is 0.330. The van der Waals surface area contributed by atoms with E-state index < -0.39 is 5.97 Å². The van der Waals surface area contributed by atoms with Gasteiger partial charge in [-0.05, 0) is 63.5 Å². The highest BCUT2D eigenvalue weighted by atomic mass is 79.9. The molecule has 0 saturated carbocycles. The highest BCUT2D eigenvalue weighted by molar-refractivity contribution is 9.10. The summed E-state index contributed by atoms with van der Waals surface area (Å²) in [7, 11) is 2.16. The van der Waals surface area contributed by atoms with Crippen LogP contribution in [0.25, 0.3) is 0 Å². The molecule has 110 valence electrons. The molecule has 1 saturated heterocycles. The van der Waals surface area contributed by atoms with Crippen LogP contribution in [-0.4, -0.2) is 42.7 Å². The fraction of sp³-hybridized carbons (Fsp3) is 0.533. The van der Waals surface area contributed by atoms with E-state index in [4.69, 9.17) is 0 Å². The highest BCUT2D eigenvalue weighted by Gasteiger charge is 2.16. The minimum Gasteiger partial charge on any atom is -0.478 e. The number of hydrogen-bond donors (Lipinski definition) is 2. The molecule has 20 heavy (non-hydrogen) atoms. The van der Waals surface area contributed by atoms with Crippen LogP contribution in [0.2, 0.25) is 0 Å². The van der Waals surface area contributed by atoms with Crippen molar-refractivity contribution in [3.05, 3.63) is 28.2 Å². The molecule has 1 heterocycles. The number of carboxylic acids is 1. The van der Waals surface area contributed by atoms with Crippen molar-refractivity contribution in [1.29, 1.82) is 0 Å². The molecule has 0 spiro atoms. The van der Waals surface area contributed by atoms with E-state index in [9.17, 15) is 9.90 Å². The third kappa shape index (κ3) is 4.21. The molecule has 1 aliphatic heterocycles. The molecule has 0 aliphatic carbocycles. The van der Waals surface area contributed by atoms with Crippen molar-refractivity contribution in [2.75, 3.05) is 32.0 Å². The Hall–Kier alpha value is -1.07. The Bertz CT molecular complexity index is 471. The van der Waals surface area contributed by atoms with Crippen LogP contribution in [0, 0.1) is 5.92 Å². The number of hydrogen-bond acceptors (Lipinski definition) is 3. The quantitative estimate of drug-likeness (QED) is 0.863. The van der Waals surface area contributed by atoms with Gasteiger partial charge in [0.2, 0.25) is 0 Å². The molecule has 1 aromatic carbocycles. The Kier molecular flexibility index (Phi) is 5.43. The maximum atomic E-state index is 11.2. The lowest BCUT2D eigenvalue weighted by Crippen LogP contribution is -2.30. The van der Waals surface area contributed by atoms with E-state index in [0.717, 1.165) is 23.4 Å². The fourth-order valence-electron chi connectivity index (χ4n) is 2.61. The smallest absolute Gasteiger partial charge is 0.337 e. The molecule has 5 heteroatoms. The second-order valence-corrected chi connectivity index (χ2v) is 6.37. The van der Waals surface area contributed by atoms with Crippen LogP contribution in [0.1, 0.15) is 29.6 Å². The maximum absolute atomic E-state index is 11.2. The zero-order chi connectivity index (χ0) is 14.5. The van der Waals surface area contributed by atoms with Crippen molar-refractivity contribution in [3.8, 4) is 0 Å². The average molecular weight is 341 g/mol. The average Bonchev–Trinajstić information content (AvgIpc) is 2.41. The van der Waals surface area contributed by atoms with Gasteiger partial charge < -0.3 is 15.3 Å². The van der Waals surface area contributed by atoms with Gasteiger partial charge in [0.25, 0.3) is 0 Å². The van der Waals surface area contributed by atoms with Crippen LogP contribution in [0.5, 0.6) is 0 Å². The molecule has 0 unspecified atom stereocenters. The van der Waals surface area contributed by atoms with Gasteiger partial charge in [-0.25, -0.2) is 4.79 Å². The molecule has 0 aromatic heterocycles. The third-order valence-corrected chi connectivity index (χ3v) is 4.41. The second kappa shape index (κ2) is 7.09. The first-order valence-corrected chi connectivity index (χ1v) is 7.81. The molecule has 0 amide bonds. The number of likely N-dealkylation sites (tertiary alicyclic amines) is 1. The Labute approximate surface area is 128 Å². The van der Waals surface area contributed by atoms with Gasteiger partial charge in [0.05, 0.1) is 5.56 Å². The molecule has 1 aromatic rings. The second-order valence-electron chi connectivity index (χ2n) is 5.46. The number of nitrogens with one attached hydrogen (secondary N) is 1. The largest absolute Gasteiger partial charge is 0.478 e. The Morgan fingerprint density at radius 1 is 1.45 bits per heavy atom. The van der Waals surface area contributed by atoms with Gasteiger partial charge in [0, 0.05) is 16.7 Å². The molecule has 2 rings (SSSR count). The van der Waals surface area contributed by atoms with Crippen molar-refractivity contribution in [2.24, 2.45) is 5.92 Å². The summed E-state index contributed by atoms with van der Waals surface area (Å²) in [6.07, 6.45) is 3.57. The first kappa shape index (κ1) is 15.3. The lowest BCUT2D eigenvalue weighted by Gasteiger charge is -2.29. The minimum atomic E-state index is -0.890. The van der Waals surface area contributed by atoms with Crippen molar-refractivity contribution in [2.45, 2.75) is 19.3 Å². The fourth-order valence-corrected chi connectivity index (χ4v) is 2.97. The highest BCUT2D eigenvalue weighted by Crippen LogP contribution is 2.23. The number of rotatable bonds is 5. The molecule has 1 aliphatic rings. The van der Waals surface area contributed by atoms with Crippen LogP contribution in [0.3, 0.4) is 0 Å². The van der Waals surface area contributed by atoms with Gasteiger partial charge in [-0.2, -0.15) is 0 Å². The van der Waals surface area contributed by atoms with E-state index >= 15 is 0 Å². The number of piperidine rings is 1. The van der Waals surface area contributed by atoms with Crippen molar-refractivity contribution in [3.63, 3.8) is 0 Å². The van der Waals surface area contributed by atoms with E-state index in [1.165, 1.54) is 25.9 Å². The van der Waals surface area contributed by atoms with Crippen LogP contribution < -0.4 is 5.32 Å². The summed E-state index contributed by atoms with van der Waals surface area (Å²) in [6.45, 7) is 3.16. The standard InChI is InChI=1S/C15H21BrN2O2/c1-18-8-5-11(6-9-18)4-7-17-14-10-12(16)2-3-13(14)15(19)20/h2-3,10-11,17H,4-9H2,1H3,(H,19,20). The monoisotopic (exact) mass is 340 g/mol. The van der Waals surface area contributed by atoms with Crippen LogP contribution in [0.4, 0.5) is 5.69 Å². The molecule has 0 radical (unpaired) electrons. The summed E-state index contributed by atoms with van der Waals surface area (Å²) in [6, 6.07) is 5.22. The number of nitrogens with zero attached hydrogens (tertiary/aromatic N) is 1. The zero-order valence-electron chi connectivity index (χ0n) is 11.7. The summed E-state index contributed by atoms with van der Waals surface area (Å²) in [4.78, 5) is 13.5. The molecule has 1 fully saturated rings. The van der Waals surface area contributed by atoms with Gasteiger partial charge in [-0.1, -0.05) is 15.9 Å². The van der Waals surface area contributed by atoms with Gasteiger partial charge in [-0.3, -0.25) is 0 Å². The van der Waals surface area contributed by atoms with E-state index in [0.29, 0.717) is 11.3 Å². The van der Waals surface area contributed by atoms with Crippen LogP contribution in [-0.2, 0) is 0 Å². The van der Waals surface area contributed by atoms with Gasteiger partial charge >= 0.3 is 5.97 Å². The number of aromatic carboxylic acids is 1. The number of carbonyl (C=O) groups is 1. The first-order chi connectivity index (χ1) is 9.56. The van der Waals surface area contributed by atoms with Crippen molar-refractivity contribution in [1.82, 2.24) is 4.90 Å². The molecular formula is C15H21BrN2O2.